The molecule has 4 nitrogen and oxygen atoms in total. The third-order valence-electron chi connectivity index (χ3n) is 6.89. The second-order valence-electron chi connectivity index (χ2n) is 8.76. The lowest BCUT2D eigenvalue weighted by atomic mass is 10.0. The first kappa shape index (κ1) is 17.1. The van der Waals surface area contributed by atoms with Gasteiger partial charge in [-0.1, -0.05) is 30.3 Å². The van der Waals surface area contributed by atoms with Gasteiger partial charge in [-0.3, -0.25) is 4.40 Å². The van der Waals surface area contributed by atoms with Crippen molar-refractivity contribution in [1.29, 1.82) is 0 Å². The molecule has 33 heavy (non-hydrogen) atoms. The summed E-state index contributed by atoms with van der Waals surface area (Å²) in [5.41, 5.74) is 7.47. The Morgan fingerprint density at radius 2 is 1.70 bits per heavy atom. The number of aryl methyl sites for hydroxylation is 5. The maximum Gasteiger partial charge on any atom is 0.231 e. The lowest BCUT2D eigenvalue weighted by Crippen LogP contribution is -2.34. The fourth-order valence-corrected chi connectivity index (χ4v) is 6.51. The van der Waals surface area contributed by atoms with Gasteiger partial charge in [-0.15, -0.1) is 11.3 Å². The van der Waals surface area contributed by atoms with Gasteiger partial charge in [0.1, 0.15) is 12.7 Å². The highest BCUT2D eigenvalue weighted by atomic mass is 32.1. The molecule has 0 amide bonds. The summed E-state index contributed by atoms with van der Waals surface area (Å²) < 4.78 is 32.4. The Labute approximate surface area is 201 Å². The van der Waals surface area contributed by atoms with Crippen LogP contribution in [0.2, 0.25) is 0 Å². The molecule has 0 saturated carbocycles. The zero-order valence-corrected chi connectivity index (χ0v) is 20.2. The Balaban J connectivity index is 1.61. The summed E-state index contributed by atoms with van der Waals surface area (Å²) in [5.74, 6) is 0.638. The van der Waals surface area contributed by atoms with Crippen LogP contribution in [0.25, 0.3) is 48.6 Å². The van der Waals surface area contributed by atoms with Gasteiger partial charge in [0.25, 0.3) is 0 Å². The number of rotatable bonds is 2. The molecule has 0 radical (unpaired) electrons. The van der Waals surface area contributed by atoms with Crippen LogP contribution in [-0.2, 0) is 14.1 Å². The maximum absolute atomic E-state index is 7.87. The standard InChI is InChI=1S/C28H27N4S/c1-16-14-15-21-20-10-7-8-13-24(20)33-27(21)25(16)22-11-9-12-23(30(22)5)26-19(4)32-18(3)17(2)29-28(32)31(26)6/h7-15H,1-6H3/q+1/i2D3. The number of hydrogen-bond acceptors (Lipinski definition) is 2. The Morgan fingerprint density at radius 1 is 0.909 bits per heavy atom. The molecule has 0 atom stereocenters. The maximum atomic E-state index is 7.87. The Kier molecular flexibility index (Phi) is 3.64. The van der Waals surface area contributed by atoms with Crippen LogP contribution in [0, 0.1) is 27.6 Å². The fourth-order valence-electron chi connectivity index (χ4n) is 5.20. The molecule has 0 aliphatic rings. The summed E-state index contributed by atoms with van der Waals surface area (Å²) in [5, 5.41) is 2.57. The molecule has 4 heterocycles. The number of fused-ring (bicyclic) bond motifs is 4. The van der Waals surface area contributed by atoms with Gasteiger partial charge in [0.15, 0.2) is 0 Å². The van der Waals surface area contributed by atoms with Crippen molar-refractivity contribution in [2.24, 2.45) is 14.1 Å². The summed E-state index contributed by atoms with van der Waals surface area (Å²) in [4.78, 5) is 4.54. The van der Waals surface area contributed by atoms with Crippen LogP contribution < -0.4 is 4.57 Å². The first-order valence-electron chi connectivity index (χ1n) is 12.5. The van der Waals surface area contributed by atoms with Gasteiger partial charge in [0.05, 0.1) is 17.0 Å². The molecular formula is C28H27N4S+. The molecule has 0 aliphatic carbocycles. The van der Waals surface area contributed by atoms with E-state index in [9.17, 15) is 0 Å². The zero-order chi connectivity index (χ0) is 25.5. The average Bonchev–Trinajstić information content (AvgIpc) is 3.45. The van der Waals surface area contributed by atoms with Gasteiger partial charge in [-0.05, 0) is 45.3 Å². The van der Waals surface area contributed by atoms with Crippen molar-refractivity contribution < 1.29 is 8.68 Å². The van der Waals surface area contributed by atoms with Crippen LogP contribution in [0.4, 0.5) is 0 Å². The van der Waals surface area contributed by atoms with Crippen molar-refractivity contribution in [1.82, 2.24) is 14.0 Å². The van der Waals surface area contributed by atoms with Crippen LogP contribution in [-0.4, -0.2) is 14.0 Å². The van der Waals surface area contributed by atoms with Gasteiger partial charge in [0.2, 0.25) is 17.2 Å². The van der Waals surface area contributed by atoms with E-state index >= 15 is 0 Å². The Bertz CT molecular complexity index is 1840. The third kappa shape index (κ3) is 2.69. The monoisotopic (exact) mass is 454 g/mol. The summed E-state index contributed by atoms with van der Waals surface area (Å²) in [6.07, 6.45) is 0. The van der Waals surface area contributed by atoms with Gasteiger partial charge in [-0.25, -0.2) is 4.98 Å². The average molecular weight is 455 g/mol. The van der Waals surface area contributed by atoms with Crippen LogP contribution in [0.1, 0.15) is 26.8 Å². The first-order valence-corrected chi connectivity index (χ1v) is 11.9. The molecule has 0 aliphatic heterocycles. The van der Waals surface area contributed by atoms with E-state index < -0.39 is 6.85 Å². The molecule has 164 valence electrons. The number of aromatic nitrogens is 4. The largest absolute Gasteiger partial charge is 0.308 e. The number of pyridine rings is 1. The summed E-state index contributed by atoms with van der Waals surface area (Å²) in [7, 11) is 4.06. The predicted octanol–water partition coefficient (Wildman–Crippen LogP) is 6.43. The van der Waals surface area contributed by atoms with E-state index in [0.29, 0.717) is 11.5 Å². The molecule has 0 unspecified atom stereocenters. The Morgan fingerprint density at radius 3 is 2.48 bits per heavy atom. The smallest absolute Gasteiger partial charge is 0.231 e. The molecule has 0 fully saturated rings. The van der Waals surface area contributed by atoms with Crippen molar-refractivity contribution >= 4 is 37.3 Å². The van der Waals surface area contributed by atoms with Crippen molar-refractivity contribution in [2.75, 3.05) is 0 Å². The van der Waals surface area contributed by atoms with Crippen molar-refractivity contribution in [3.63, 3.8) is 0 Å². The lowest BCUT2D eigenvalue weighted by Gasteiger charge is -2.10. The highest BCUT2D eigenvalue weighted by Crippen LogP contribution is 2.41. The van der Waals surface area contributed by atoms with Crippen LogP contribution in [0.15, 0.2) is 54.6 Å². The van der Waals surface area contributed by atoms with Crippen LogP contribution >= 0.6 is 11.3 Å². The predicted molar refractivity (Wildman–Crippen MR) is 138 cm³/mol. The van der Waals surface area contributed by atoms with E-state index in [1.54, 1.807) is 0 Å². The minimum absolute atomic E-state index is 0.160. The minimum atomic E-state index is -2.24. The fraction of sp³-hybridized carbons (Fsp3) is 0.214. The summed E-state index contributed by atoms with van der Waals surface area (Å²) in [6.45, 7) is 3.80. The topological polar surface area (TPSA) is 26.1 Å². The van der Waals surface area contributed by atoms with E-state index in [-0.39, 0.29) is 5.69 Å². The SMILES string of the molecule is [2H]C([2H])([2H])c1nc2n(C)c(-c3cccc(-c4c(C)ccc5c4sc4ccccc45)[n+]3C)c(C)n2c1C. The number of thiophene rings is 1. The van der Waals surface area contributed by atoms with Gasteiger partial charge in [0, 0.05) is 49.2 Å². The van der Waals surface area contributed by atoms with Crippen molar-refractivity contribution in [2.45, 2.75) is 27.6 Å². The molecule has 0 spiro atoms. The highest BCUT2D eigenvalue weighted by molar-refractivity contribution is 7.26. The van der Waals surface area contributed by atoms with E-state index in [2.05, 4.69) is 78.1 Å². The number of imidazole rings is 2. The normalized spacial score (nSPS) is 13.7. The quantitative estimate of drug-likeness (QED) is 0.277. The van der Waals surface area contributed by atoms with Crippen molar-refractivity contribution in [3.8, 4) is 22.6 Å². The van der Waals surface area contributed by atoms with Gasteiger partial charge < -0.3 is 4.57 Å². The lowest BCUT2D eigenvalue weighted by molar-refractivity contribution is -0.649. The van der Waals surface area contributed by atoms with Gasteiger partial charge >= 0.3 is 0 Å². The molecule has 0 saturated heterocycles. The van der Waals surface area contributed by atoms with Gasteiger partial charge in [-0.2, -0.15) is 4.57 Å². The first-order chi connectivity index (χ1) is 17.1. The second-order valence-corrected chi connectivity index (χ2v) is 9.81. The molecule has 0 bridgehead atoms. The van der Waals surface area contributed by atoms with Crippen LogP contribution in [0.5, 0.6) is 0 Å². The second kappa shape index (κ2) is 7.03. The molecule has 0 N–H and O–H groups in total. The number of nitrogens with zero attached hydrogens (tertiary/aromatic N) is 4. The zero-order valence-electron chi connectivity index (χ0n) is 22.4. The highest BCUT2D eigenvalue weighted by Gasteiger charge is 2.26. The molecule has 6 aromatic rings. The molecule has 5 heteroatoms. The van der Waals surface area contributed by atoms with E-state index in [1.807, 2.05) is 41.2 Å². The van der Waals surface area contributed by atoms with Crippen LogP contribution in [0.3, 0.4) is 0 Å². The molecule has 6 rings (SSSR count). The Hall–Kier alpha value is -3.44. The number of benzene rings is 2. The van der Waals surface area contributed by atoms with E-state index in [0.717, 1.165) is 22.8 Å². The van der Waals surface area contributed by atoms with E-state index in [4.69, 9.17) is 4.11 Å². The third-order valence-corrected chi connectivity index (χ3v) is 8.09. The minimum Gasteiger partial charge on any atom is -0.308 e. The van der Waals surface area contributed by atoms with Crippen molar-refractivity contribution in [3.05, 3.63) is 77.2 Å². The molecule has 4 aromatic heterocycles. The van der Waals surface area contributed by atoms with E-state index in [1.165, 1.54) is 31.3 Å². The summed E-state index contributed by atoms with van der Waals surface area (Å²) in [6, 6.07) is 19.4. The molecular weight excluding hydrogens is 424 g/mol. The summed E-state index contributed by atoms with van der Waals surface area (Å²) >= 11 is 1.84. The molecule has 2 aromatic carbocycles. The number of hydrogen-bond donors (Lipinski definition) is 0.